The molecular weight excluding hydrogens is 260 g/mol. The number of halogens is 1. The van der Waals surface area contributed by atoms with Gasteiger partial charge in [0.05, 0.1) is 7.11 Å². The Kier molecular flexibility index (Phi) is 5.19. The van der Waals surface area contributed by atoms with Crippen LogP contribution in [0.4, 0.5) is 0 Å². The summed E-state index contributed by atoms with van der Waals surface area (Å²) in [4.78, 5) is 4.17. The topological polar surface area (TPSA) is 34.1 Å². The Labute approximate surface area is 118 Å². The second-order valence-electron chi connectivity index (χ2n) is 4.23. The molecule has 2 rings (SSSR count). The minimum atomic E-state index is 0.546. The third kappa shape index (κ3) is 3.94. The van der Waals surface area contributed by atoms with E-state index in [1.807, 2.05) is 24.3 Å². The number of benzene rings is 1. The lowest BCUT2D eigenvalue weighted by Gasteiger charge is -2.09. The average Bonchev–Trinajstić information content (AvgIpc) is 2.48. The standard InChI is InChI=1S/C15H17ClN2O/c1-19-15-14(6-3-7-18-15)11-17-10-13-5-2-4-12(8-13)9-16/h2-8,17H,9-11H2,1H3. The second-order valence-corrected chi connectivity index (χ2v) is 4.50. The number of alkyl halides is 1. The molecule has 4 heteroatoms. The van der Waals surface area contributed by atoms with Crippen molar-refractivity contribution >= 4 is 11.6 Å². The molecule has 0 radical (unpaired) electrons. The van der Waals surface area contributed by atoms with Crippen LogP contribution in [0.25, 0.3) is 0 Å². The van der Waals surface area contributed by atoms with E-state index in [9.17, 15) is 0 Å². The van der Waals surface area contributed by atoms with Gasteiger partial charge in [-0.3, -0.25) is 0 Å². The fraction of sp³-hybridized carbons (Fsp3) is 0.267. The van der Waals surface area contributed by atoms with Crippen molar-refractivity contribution in [2.24, 2.45) is 0 Å². The molecule has 0 atom stereocenters. The highest BCUT2D eigenvalue weighted by Gasteiger charge is 2.02. The third-order valence-corrected chi connectivity index (χ3v) is 3.14. The van der Waals surface area contributed by atoms with E-state index in [4.69, 9.17) is 16.3 Å². The summed E-state index contributed by atoms with van der Waals surface area (Å²) in [6.07, 6.45) is 1.73. The van der Waals surface area contributed by atoms with Crippen LogP contribution in [0, 0.1) is 0 Å². The van der Waals surface area contributed by atoms with Crippen LogP contribution in [-0.2, 0) is 19.0 Å². The Morgan fingerprint density at radius 2 is 2.00 bits per heavy atom. The summed E-state index contributed by atoms with van der Waals surface area (Å²) in [7, 11) is 1.63. The molecule has 0 aliphatic carbocycles. The van der Waals surface area contributed by atoms with Crippen LogP contribution >= 0.6 is 11.6 Å². The molecule has 0 bridgehead atoms. The van der Waals surface area contributed by atoms with E-state index in [2.05, 4.69) is 22.4 Å². The molecule has 1 heterocycles. The fourth-order valence-electron chi connectivity index (χ4n) is 1.91. The minimum Gasteiger partial charge on any atom is -0.481 e. The molecule has 2 aromatic rings. The van der Waals surface area contributed by atoms with Gasteiger partial charge in [-0.15, -0.1) is 11.6 Å². The summed E-state index contributed by atoms with van der Waals surface area (Å²) in [5, 5.41) is 3.38. The molecule has 1 aromatic carbocycles. The lowest BCUT2D eigenvalue weighted by molar-refractivity contribution is 0.390. The minimum absolute atomic E-state index is 0.546. The van der Waals surface area contributed by atoms with E-state index >= 15 is 0 Å². The summed E-state index contributed by atoms with van der Waals surface area (Å²) in [5.41, 5.74) is 3.42. The predicted molar refractivity (Wildman–Crippen MR) is 77.3 cm³/mol. The van der Waals surface area contributed by atoms with E-state index in [1.54, 1.807) is 13.3 Å². The van der Waals surface area contributed by atoms with Gasteiger partial charge in [-0.05, 0) is 17.2 Å². The average molecular weight is 277 g/mol. The summed E-state index contributed by atoms with van der Waals surface area (Å²) in [5.74, 6) is 1.22. The van der Waals surface area contributed by atoms with Gasteiger partial charge in [0.15, 0.2) is 0 Å². The smallest absolute Gasteiger partial charge is 0.217 e. The fourth-order valence-corrected chi connectivity index (χ4v) is 2.07. The molecule has 0 saturated carbocycles. The first-order chi connectivity index (χ1) is 9.33. The molecule has 0 aliphatic rings. The summed E-state index contributed by atoms with van der Waals surface area (Å²) in [6.45, 7) is 1.52. The van der Waals surface area contributed by atoms with Crippen molar-refractivity contribution < 1.29 is 4.74 Å². The van der Waals surface area contributed by atoms with Crippen molar-refractivity contribution in [2.75, 3.05) is 7.11 Å². The number of methoxy groups -OCH3 is 1. The lowest BCUT2D eigenvalue weighted by atomic mass is 10.1. The molecule has 0 amide bonds. The zero-order valence-electron chi connectivity index (χ0n) is 10.9. The molecule has 100 valence electrons. The number of pyridine rings is 1. The highest BCUT2D eigenvalue weighted by Crippen LogP contribution is 2.13. The number of hydrogen-bond donors (Lipinski definition) is 1. The molecule has 1 aromatic heterocycles. The number of rotatable bonds is 6. The number of nitrogens with one attached hydrogen (secondary N) is 1. The van der Waals surface area contributed by atoms with Gasteiger partial charge in [0.2, 0.25) is 5.88 Å². The molecule has 0 unspecified atom stereocenters. The van der Waals surface area contributed by atoms with E-state index in [0.717, 1.165) is 24.2 Å². The Morgan fingerprint density at radius 1 is 1.16 bits per heavy atom. The molecule has 0 saturated heterocycles. The second kappa shape index (κ2) is 7.12. The van der Waals surface area contributed by atoms with Crippen LogP contribution in [0.5, 0.6) is 5.88 Å². The maximum Gasteiger partial charge on any atom is 0.217 e. The molecule has 1 N–H and O–H groups in total. The van der Waals surface area contributed by atoms with Crippen LogP contribution in [-0.4, -0.2) is 12.1 Å². The van der Waals surface area contributed by atoms with E-state index in [1.165, 1.54) is 5.56 Å². The molecule has 0 spiro atoms. The quantitative estimate of drug-likeness (QED) is 0.823. The van der Waals surface area contributed by atoms with E-state index in [-0.39, 0.29) is 0 Å². The van der Waals surface area contributed by atoms with E-state index in [0.29, 0.717) is 11.8 Å². The normalized spacial score (nSPS) is 10.4. The summed E-state index contributed by atoms with van der Waals surface area (Å²) in [6, 6.07) is 12.2. The van der Waals surface area contributed by atoms with Crippen LogP contribution in [0.3, 0.4) is 0 Å². The Morgan fingerprint density at radius 3 is 2.79 bits per heavy atom. The molecule has 0 fully saturated rings. The van der Waals surface area contributed by atoms with Crippen LogP contribution in [0.15, 0.2) is 42.6 Å². The first kappa shape index (κ1) is 13.8. The maximum atomic E-state index is 5.82. The van der Waals surface area contributed by atoms with Gasteiger partial charge >= 0.3 is 0 Å². The van der Waals surface area contributed by atoms with Crippen molar-refractivity contribution in [3.8, 4) is 5.88 Å². The summed E-state index contributed by atoms with van der Waals surface area (Å²) < 4.78 is 5.22. The molecule has 3 nitrogen and oxygen atoms in total. The predicted octanol–water partition coefficient (Wildman–Crippen LogP) is 3.12. The Bertz CT molecular complexity index is 531. The Balaban J connectivity index is 1.92. The van der Waals surface area contributed by atoms with Gasteiger partial charge in [0, 0.05) is 30.7 Å². The lowest BCUT2D eigenvalue weighted by Crippen LogP contribution is -2.13. The summed E-state index contributed by atoms with van der Waals surface area (Å²) >= 11 is 5.82. The zero-order chi connectivity index (χ0) is 13.5. The first-order valence-electron chi connectivity index (χ1n) is 6.16. The van der Waals surface area contributed by atoms with E-state index < -0.39 is 0 Å². The van der Waals surface area contributed by atoms with Crippen molar-refractivity contribution in [3.63, 3.8) is 0 Å². The Hall–Kier alpha value is -1.58. The molecule has 0 aliphatic heterocycles. The van der Waals surface area contributed by atoms with Crippen LogP contribution in [0.1, 0.15) is 16.7 Å². The van der Waals surface area contributed by atoms with Gasteiger partial charge < -0.3 is 10.1 Å². The molecule has 19 heavy (non-hydrogen) atoms. The van der Waals surface area contributed by atoms with Gasteiger partial charge in [-0.2, -0.15) is 0 Å². The number of nitrogens with zero attached hydrogens (tertiary/aromatic N) is 1. The number of hydrogen-bond acceptors (Lipinski definition) is 3. The zero-order valence-corrected chi connectivity index (χ0v) is 11.7. The highest BCUT2D eigenvalue weighted by atomic mass is 35.5. The number of ether oxygens (including phenoxy) is 1. The molecular formula is C15H17ClN2O. The van der Waals surface area contributed by atoms with Gasteiger partial charge in [0.25, 0.3) is 0 Å². The van der Waals surface area contributed by atoms with Crippen molar-refractivity contribution in [2.45, 2.75) is 19.0 Å². The monoisotopic (exact) mass is 276 g/mol. The maximum absolute atomic E-state index is 5.82. The third-order valence-electron chi connectivity index (χ3n) is 2.83. The van der Waals surface area contributed by atoms with Crippen molar-refractivity contribution in [1.82, 2.24) is 10.3 Å². The highest BCUT2D eigenvalue weighted by molar-refractivity contribution is 6.17. The number of aromatic nitrogens is 1. The van der Waals surface area contributed by atoms with Crippen molar-refractivity contribution in [3.05, 3.63) is 59.3 Å². The van der Waals surface area contributed by atoms with Crippen LogP contribution in [0.2, 0.25) is 0 Å². The van der Waals surface area contributed by atoms with Gasteiger partial charge in [-0.25, -0.2) is 4.98 Å². The van der Waals surface area contributed by atoms with Gasteiger partial charge in [-0.1, -0.05) is 30.3 Å². The van der Waals surface area contributed by atoms with Crippen molar-refractivity contribution in [1.29, 1.82) is 0 Å². The van der Waals surface area contributed by atoms with Gasteiger partial charge in [0.1, 0.15) is 0 Å². The largest absolute Gasteiger partial charge is 0.481 e. The SMILES string of the molecule is COc1ncccc1CNCc1cccc(CCl)c1. The van der Waals surface area contributed by atoms with Crippen LogP contribution < -0.4 is 10.1 Å². The first-order valence-corrected chi connectivity index (χ1v) is 6.69.